The van der Waals surface area contributed by atoms with Crippen LogP contribution in [0.4, 0.5) is 0 Å². The average molecular weight is 430 g/mol. The highest BCUT2D eigenvalue weighted by atomic mass is 16.5. The zero-order valence-electron chi connectivity index (χ0n) is 17.7. The molecule has 0 aliphatic carbocycles. The summed E-state index contributed by atoms with van der Waals surface area (Å²) in [4.78, 5) is 31.8. The number of hydrogen-bond acceptors (Lipinski definition) is 6. The fraction of sp³-hybridized carbons (Fsp3) is 0.160. The first-order valence-corrected chi connectivity index (χ1v) is 9.99. The lowest BCUT2D eigenvalue weighted by Crippen LogP contribution is -2.29. The number of ketones is 1. The number of carbonyl (C=O) groups is 2. The molecule has 1 N–H and O–H groups in total. The van der Waals surface area contributed by atoms with E-state index in [4.69, 9.17) is 9.47 Å². The van der Waals surface area contributed by atoms with Gasteiger partial charge < -0.3 is 19.5 Å². The maximum atomic E-state index is 13.1. The number of aliphatic hydroxyl groups excluding tert-OH is 1. The number of benzene rings is 2. The van der Waals surface area contributed by atoms with E-state index in [9.17, 15) is 14.7 Å². The molecule has 0 spiro atoms. The normalized spacial score (nSPS) is 17.4. The van der Waals surface area contributed by atoms with E-state index in [0.29, 0.717) is 22.6 Å². The van der Waals surface area contributed by atoms with Crippen LogP contribution in [0.15, 0.2) is 78.6 Å². The molecule has 1 atom stereocenters. The van der Waals surface area contributed by atoms with Gasteiger partial charge in [-0.3, -0.25) is 14.6 Å². The first-order chi connectivity index (χ1) is 15.5. The third-order valence-corrected chi connectivity index (χ3v) is 5.40. The number of pyridine rings is 1. The third kappa shape index (κ3) is 3.80. The number of likely N-dealkylation sites (tertiary alicyclic amines) is 1. The van der Waals surface area contributed by atoms with E-state index in [1.165, 1.54) is 12.0 Å². The van der Waals surface area contributed by atoms with Gasteiger partial charge in [0, 0.05) is 36.1 Å². The molecule has 32 heavy (non-hydrogen) atoms. The quantitative estimate of drug-likeness (QED) is 0.364. The van der Waals surface area contributed by atoms with Crippen molar-refractivity contribution >= 4 is 17.4 Å². The Kier molecular flexibility index (Phi) is 5.89. The molecule has 162 valence electrons. The van der Waals surface area contributed by atoms with Crippen molar-refractivity contribution in [3.05, 3.63) is 95.3 Å². The number of aliphatic hydroxyl groups is 1. The van der Waals surface area contributed by atoms with Crippen LogP contribution in [0.5, 0.6) is 11.5 Å². The largest absolute Gasteiger partial charge is 0.507 e. The molecule has 1 aromatic heterocycles. The number of aromatic nitrogens is 1. The van der Waals surface area contributed by atoms with Crippen LogP contribution in [-0.2, 0) is 16.1 Å². The van der Waals surface area contributed by atoms with Crippen LogP contribution >= 0.6 is 0 Å². The van der Waals surface area contributed by atoms with Gasteiger partial charge in [0.2, 0.25) is 0 Å². The van der Waals surface area contributed by atoms with E-state index in [1.54, 1.807) is 68.0 Å². The molecule has 0 bridgehead atoms. The lowest BCUT2D eigenvalue weighted by Gasteiger charge is -2.26. The zero-order chi connectivity index (χ0) is 22.7. The second-order valence-electron chi connectivity index (χ2n) is 7.26. The van der Waals surface area contributed by atoms with Gasteiger partial charge in [-0.1, -0.05) is 36.4 Å². The topological polar surface area (TPSA) is 89.0 Å². The lowest BCUT2D eigenvalue weighted by atomic mass is 9.94. The minimum Gasteiger partial charge on any atom is -0.507 e. The van der Waals surface area contributed by atoms with Crippen LogP contribution in [0.1, 0.15) is 22.7 Å². The van der Waals surface area contributed by atoms with Crippen molar-refractivity contribution in [2.75, 3.05) is 14.2 Å². The molecule has 0 radical (unpaired) electrons. The van der Waals surface area contributed by atoms with E-state index in [0.717, 1.165) is 5.56 Å². The van der Waals surface area contributed by atoms with Crippen LogP contribution in [0, 0.1) is 0 Å². The number of methoxy groups -OCH3 is 2. The van der Waals surface area contributed by atoms with Gasteiger partial charge in [-0.05, 0) is 23.8 Å². The van der Waals surface area contributed by atoms with Crippen LogP contribution in [0.3, 0.4) is 0 Å². The molecule has 4 rings (SSSR count). The fourth-order valence-corrected chi connectivity index (χ4v) is 3.85. The second-order valence-corrected chi connectivity index (χ2v) is 7.26. The predicted molar refractivity (Wildman–Crippen MR) is 118 cm³/mol. The summed E-state index contributed by atoms with van der Waals surface area (Å²) in [6.45, 7) is 0.143. The molecule has 3 aromatic rings. The number of Topliss-reactive ketones (excluding diaryl/α,β-unsaturated/α-hetero) is 1. The zero-order valence-corrected chi connectivity index (χ0v) is 17.7. The van der Waals surface area contributed by atoms with Gasteiger partial charge in [0.15, 0.2) is 0 Å². The highest BCUT2D eigenvalue weighted by Gasteiger charge is 2.47. The van der Waals surface area contributed by atoms with Crippen molar-refractivity contribution in [3.63, 3.8) is 0 Å². The second kappa shape index (κ2) is 8.93. The minimum atomic E-state index is -0.851. The van der Waals surface area contributed by atoms with Crippen molar-refractivity contribution in [2.24, 2.45) is 0 Å². The van der Waals surface area contributed by atoms with Crippen molar-refractivity contribution in [2.45, 2.75) is 12.6 Å². The monoisotopic (exact) mass is 430 g/mol. The summed E-state index contributed by atoms with van der Waals surface area (Å²) < 4.78 is 10.8. The summed E-state index contributed by atoms with van der Waals surface area (Å²) in [5.41, 5.74) is 1.78. The Morgan fingerprint density at radius 3 is 2.47 bits per heavy atom. The maximum Gasteiger partial charge on any atom is 0.295 e. The predicted octanol–water partition coefficient (Wildman–Crippen LogP) is 3.72. The molecule has 7 heteroatoms. The van der Waals surface area contributed by atoms with E-state index in [2.05, 4.69) is 4.98 Å². The molecule has 1 aliphatic heterocycles. The number of ether oxygens (including phenoxy) is 2. The third-order valence-electron chi connectivity index (χ3n) is 5.40. The first kappa shape index (κ1) is 21.1. The number of nitrogens with zero attached hydrogens (tertiary/aromatic N) is 2. The van der Waals surface area contributed by atoms with E-state index in [1.807, 2.05) is 12.1 Å². The van der Waals surface area contributed by atoms with Crippen molar-refractivity contribution in [1.29, 1.82) is 0 Å². The standard InChI is InChI=1S/C25H22N2O5/c1-31-18-10-11-19(20(13-18)32-2)22-21(23(28)17-8-4-3-5-9-17)24(29)25(30)27(22)15-16-7-6-12-26-14-16/h3-14,22,28H,15H2,1-2H3/b23-21+/t22-/m1/s1. The summed E-state index contributed by atoms with van der Waals surface area (Å²) in [5.74, 6) is -0.683. The SMILES string of the molecule is COc1ccc([C@@H]2/C(=C(\O)c3ccccc3)C(=O)C(=O)N2Cc2cccnc2)c(OC)c1. The smallest absolute Gasteiger partial charge is 0.295 e. The van der Waals surface area contributed by atoms with Crippen LogP contribution in [-0.4, -0.2) is 40.9 Å². The summed E-state index contributed by atoms with van der Waals surface area (Å²) >= 11 is 0. The van der Waals surface area contributed by atoms with Gasteiger partial charge >= 0.3 is 0 Å². The Bertz CT molecular complexity index is 1180. The minimum absolute atomic E-state index is 0.00792. The number of hydrogen-bond donors (Lipinski definition) is 1. The fourth-order valence-electron chi connectivity index (χ4n) is 3.85. The van der Waals surface area contributed by atoms with Gasteiger partial charge in [0.1, 0.15) is 17.3 Å². The summed E-state index contributed by atoms with van der Waals surface area (Å²) in [7, 11) is 3.04. The van der Waals surface area contributed by atoms with Crippen molar-refractivity contribution in [3.8, 4) is 11.5 Å². The van der Waals surface area contributed by atoms with Gasteiger partial charge in [-0.25, -0.2) is 0 Å². The van der Waals surface area contributed by atoms with Gasteiger partial charge in [-0.2, -0.15) is 0 Å². The van der Waals surface area contributed by atoms with Gasteiger partial charge in [0.25, 0.3) is 11.7 Å². The van der Waals surface area contributed by atoms with Crippen molar-refractivity contribution in [1.82, 2.24) is 9.88 Å². The molecule has 1 amide bonds. The number of rotatable bonds is 6. The van der Waals surface area contributed by atoms with Crippen LogP contribution in [0.25, 0.3) is 5.76 Å². The molecule has 1 fully saturated rings. The molecular weight excluding hydrogens is 408 g/mol. The Balaban J connectivity index is 1.91. The Hall–Kier alpha value is -4.13. The van der Waals surface area contributed by atoms with Crippen LogP contribution in [0.2, 0.25) is 0 Å². The van der Waals surface area contributed by atoms with Gasteiger partial charge in [-0.15, -0.1) is 0 Å². The lowest BCUT2D eigenvalue weighted by molar-refractivity contribution is -0.140. The Morgan fingerprint density at radius 1 is 1.03 bits per heavy atom. The molecule has 1 aliphatic rings. The molecule has 2 aromatic carbocycles. The number of carbonyl (C=O) groups excluding carboxylic acids is 2. The Labute approximate surface area is 185 Å². The van der Waals surface area contributed by atoms with E-state index < -0.39 is 17.7 Å². The summed E-state index contributed by atoms with van der Waals surface area (Å²) in [5, 5.41) is 11.1. The average Bonchev–Trinajstić information content (AvgIpc) is 3.09. The molecule has 7 nitrogen and oxygen atoms in total. The highest BCUT2D eigenvalue weighted by molar-refractivity contribution is 6.46. The summed E-state index contributed by atoms with van der Waals surface area (Å²) in [6, 6.07) is 16.6. The number of amides is 1. The van der Waals surface area contributed by atoms with Crippen LogP contribution < -0.4 is 9.47 Å². The Morgan fingerprint density at radius 2 is 1.81 bits per heavy atom. The molecule has 0 saturated carbocycles. The highest BCUT2D eigenvalue weighted by Crippen LogP contribution is 2.44. The molecule has 0 unspecified atom stereocenters. The first-order valence-electron chi connectivity index (χ1n) is 9.99. The van der Waals surface area contributed by atoms with Crippen molar-refractivity contribution < 1.29 is 24.2 Å². The molecular formula is C25H22N2O5. The maximum absolute atomic E-state index is 13.1. The molecule has 2 heterocycles. The van der Waals surface area contributed by atoms with Gasteiger partial charge in [0.05, 0.1) is 25.8 Å². The van der Waals surface area contributed by atoms with E-state index in [-0.39, 0.29) is 17.9 Å². The van der Waals surface area contributed by atoms with E-state index >= 15 is 0 Å². The summed E-state index contributed by atoms with van der Waals surface area (Å²) in [6.07, 6.45) is 3.27. The molecule has 1 saturated heterocycles.